The van der Waals surface area contributed by atoms with Crippen molar-refractivity contribution in [3.05, 3.63) is 87.5 Å². The van der Waals surface area contributed by atoms with Gasteiger partial charge in [0.1, 0.15) is 0 Å². The first-order valence-electron chi connectivity index (χ1n) is 10.5. The summed E-state index contributed by atoms with van der Waals surface area (Å²) in [7, 11) is 0. The molecule has 0 saturated carbocycles. The highest BCUT2D eigenvalue weighted by molar-refractivity contribution is 5.79. The van der Waals surface area contributed by atoms with Gasteiger partial charge in [0.25, 0.3) is 5.56 Å². The molecule has 0 amide bonds. The summed E-state index contributed by atoms with van der Waals surface area (Å²) in [4.78, 5) is 17.6. The highest BCUT2D eigenvalue weighted by Crippen LogP contribution is 2.20. The first-order chi connectivity index (χ1) is 14.7. The molecule has 1 fully saturated rings. The SMILES string of the molecule is Cc1ccc2cc([C@@H](c3nnnn3Cc3ccccc3)[NH+]3CCCC3)c(=O)[nH]c2c1. The molecule has 2 aromatic carbocycles. The lowest BCUT2D eigenvalue weighted by Gasteiger charge is -2.23. The van der Waals surface area contributed by atoms with Gasteiger partial charge in [-0.1, -0.05) is 42.5 Å². The predicted octanol–water partition coefficient (Wildman–Crippen LogP) is 1.64. The molecular formula is C23H25N6O+. The van der Waals surface area contributed by atoms with Crippen LogP contribution in [0.5, 0.6) is 0 Å². The molecule has 1 aliphatic heterocycles. The first-order valence-corrected chi connectivity index (χ1v) is 10.5. The molecule has 152 valence electrons. The lowest BCUT2D eigenvalue weighted by Crippen LogP contribution is -3.10. The molecule has 7 heteroatoms. The van der Waals surface area contributed by atoms with Gasteiger partial charge in [-0.2, -0.15) is 0 Å². The zero-order valence-corrected chi connectivity index (χ0v) is 17.0. The van der Waals surface area contributed by atoms with E-state index in [4.69, 9.17) is 0 Å². The van der Waals surface area contributed by atoms with Crippen molar-refractivity contribution >= 4 is 10.9 Å². The summed E-state index contributed by atoms with van der Waals surface area (Å²) in [6.45, 7) is 4.63. The third kappa shape index (κ3) is 3.52. The number of pyridine rings is 1. The number of tetrazole rings is 1. The molecule has 0 unspecified atom stereocenters. The van der Waals surface area contributed by atoms with Crippen molar-refractivity contribution in [3.63, 3.8) is 0 Å². The Bertz CT molecular complexity index is 1220. The summed E-state index contributed by atoms with van der Waals surface area (Å²) >= 11 is 0. The number of likely N-dealkylation sites (tertiary alicyclic amines) is 1. The second kappa shape index (κ2) is 7.84. The number of hydrogen-bond acceptors (Lipinski definition) is 4. The Hall–Kier alpha value is -3.32. The summed E-state index contributed by atoms with van der Waals surface area (Å²) in [5.41, 5.74) is 3.78. The molecular weight excluding hydrogens is 376 g/mol. The summed E-state index contributed by atoms with van der Waals surface area (Å²) in [5, 5.41) is 13.7. The number of aromatic nitrogens is 5. The van der Waals surface area contributed by atoms with E-state index in [0.29, 0.717) is 6.54 Å². The summed E-state index contributed by atoms with van der Waals surface area (Å²) in [6, 6.07) is 18.1. The van der Waals surface area contributed by atoms with Crippen LogP contribution in [0.4, 0.5) is 0 Å². The van der Waals surface area contributed by atoms with E-state index in [-0.39, 0.29) is 11.6 Å². The third-order valence-corrected chi connectivity index (χ3v) is 5.99. The number of H-pyrrole nitrogens is 1. The fourth-order valence-electron chi connectivity index (χ4n) is 4.49. The van der Waals surface area contributed by atoms with Crippen LogP contribution >= 0.6 is 0 Å². The number of fused-ring (bicyclic) bond motifs is 1. The van der Waals surface area contributed by atoms with E-state index in [1.54, 1.807) is 0 Å². The molecule has 0 bridgehead atoms. The van der Waals surface area contributed by atoms with Gasteiger partial charge in [-0.15, -0.1) is 5.10 Å². The first kappa shape index (κ1) is 18.7. The van der Waals surface area contributed by atoms with Gasteiger partial charge in [-0.3, -0.25) is 4.79 Å². The number of aromatic amines is 1. The summed E-state index contributed by atoms with van der Waals surface area (Å²) in [6.07, 6.45) is 2.30. The molecule has 3 heterocycles. The lowest BCUT2D eigenvalue weighted by molar-refractivity contribution is -0.914. The van der Waals surface area contributed by atoms with Gasteiger partial charge >= 0.3 is 0 Å². The Kier molecular flexibility index (Phi) is 4.88. The highest BCUT2D eigenvalue weighted by atomic mass is 16.1. The minimum atomic E-state index is -0.194. The van der Waals surface area contributed by atoms with E-state index in [9.17, 15) is 4.79 Å². The Labute approximate surface area is 174 Å². The zero-order valence-electron chi connectivity index (χ0n) is 17.0. The molecule has 30 heavy (non-hydrogen) atoms. The van der Waals surface area contributed by atoms with Crippen LogP contribution in [0.3, 0.4) is 0 Å². The Morgan fingerprint density at radius 3 is 2.70 bits per heavy atom. The number of quaternary nitrogens is 1. The van der Waals surface area contributed by atoms with Crippen molar-refractivity contribution in [2.24, 2.45) is 0 Å². The van der Waals surface area contributed by atoms with Crippen LogP contribution in [0.2, 0.25) is 0 Å². The van der Waals surface area contributed by atoms with Gasteiger partial charge in [0.15, 0.2) is 6.04 Å². The molecule has 2 N–H and O–H groups in total. The minimum absolute atomic E-state index is 0.0632. The van der Waals surface area contributed by atoms with Crippen LogP contribution in [0.25, 0.3) is 10.9 Å². The van der Waals surface area contributed by atoms with Crippen LogP contribution < -0.4 is 10.5 Å². The molecule has 0 spiro atoms. The highest BCUT2D eigenvalue weighted by Gasteiger charge is 2.35. The molecule has 1 aliphatic rings. The zero-order chi connectivity index (χ0) is 20.5. The second-order valence-corrected chi connectivity index (χ2v) is 8.12. The van der Waals surface area contributed by atoms with Crippen LogP contribution in [-0.4, -0.2) is 38.3 Å². The Morgan fingerprint density at radius 2 is 1.90 bits per heavy atom. The fourth-order valence-corrected chi connectivity index (χ4v) is 4.49. The lowest BCUT2D eigenvalue weighted by atomic mass is 10.0. The maximum absolute atomic E-state index is 13.2. The molecule has 1 saturated heterocycles. The van der Waals surface area contributed by atoms with E-state index in [1.807, 2.05) is 41.9 Å². The average molecular weight is 401 g/mol. The molecule has 1 atom stereocenters. The molecule has 0 aliphatic carbocycles. The quantitative estimate of drug-likeness (QED) is 0.533. The molecule has 5 rings (SSSR count). The van der Waals surface area contributed by atoms with Gasteiger partial charge < -0.3 is 9.88 Å². The normalized spacial score (nSPS) is 15.6. The van der Waals surface area contributed by atoms with Gasteiger partial charge in [0, 0.05) is 18.4 Å². The number of nitrogens with zero attached hydrogens (tertiary/aromatic N) is 4. The van der Waals surface area contributed by atoms with Crippen LogP contribution in [0.1, 0.15) is 41.4 Å². The van der Waals surface area contributed by atoms with Crippen LogP contribution in [-0.2, 0) is 6.54 Å². The number of nitrogens with one attached hydrogen (secondary N) is 2. The summed E-state index contributed by atoms with van der Waals surface area (Å²) in [5.74, 6) is 0.743. The summed E-state index contributed by atoms with van der Waals surface area (Å²) < 4.78 is 1.84. The van der Waals surface area contributed by atoms with Crippen molar-refractivity contribution in [1.82, 2.24) is 25.2 Å². The predicted molar refractivity (Wildman–Crippen MR) is 114 cm³/mol. The van der Waals surface area contributed by atoms with Gasteiger partial charge in [0.2, 0.25) is 5.82 Å². The molecule has 2 aromatic heterocycles. The maximum Gasteiger partial charge on any atom is 0.258 e. The van der Waals surface area contributed by atoms with E-state index >= 15 is 0 Å². The standard InChI is InChI=1S/C23H24N6O/c1-16-9-10-18-14-19(23(30)24-20(18)13-16)21(28-11-5-6-12-28)22-25-26-27-29(22)15-17-7-3-2-4-8-17/h2-4,7-10,13-14,21H,5-6,11-12,15H2,1H3,(H,24,30)/p+1/t21-/m0/s1. The molecule has 4 aromatic rings. The smallest absolute Gasteiger partial charge is 0.258 e. The minimum Gasteiger partial charge on any atom is -0.322 e. The maximum atomic E-state index is 13.2. The Balaban J connectivity index is 1.62. The van der Waals surface area contributed by atoms with Crippen molar-refractivity contribution in [3.8, 4) is 0 Å². The molecule has 7 nitrogen and oxygen atoms in total. The number of aryl methyl sites for hydroxylation is 1. The monoisotopic (exact) mass is 401 g/mol. The van der Waals surface area contributed by atoms with E-state index < -0.39 is 0 Å². The number of rotatable bonds is 5. The van der Waals surface area contributed by atoms with Gasteiger partial charge in [0.05, 0.1) is 25.2 Å². The van der Waals surface area contributed by atoms with Crippen LogP contribution in [0, 0.1) is 6.92 Å². The number of benzene rings is 2. The van der Waals surface area contributed by atoms with Crippen molar-refractivity contribution < 1.29 is 4.90 Å². The van der Waals surface area contributed by atoms with E-state index in [2.05, 4.69) is 44.8 Å². The fraction of sp³-hybridized carbons (Fsp3) is 0.304. The van der Waals surface area contributed by atoms with Crippen molar-refractivity contribution in [2.45, 2.75) is 32.4 Å². The van der Waals surface area contributed by atoms with Crippen LogP contribution in [0.15, 0.2) is 59.4 Å². The van der Waals surface area contributed by atoms with Crippen molar-refractivity contribution in [1.29, 1.82) is 0 Å². The topological polar surface area (TPSA) is 80.9 Å². The number of hydrogen-bond donors (Lipinski definition) is 2. The Morgan fingerprint density at radius 1 is 1.10 bits per heavy atom. The largest absolute Gasteiger partial charge is 0.322 e. The van der Waals surface area contributed by atoms with E-state index in [1.165, 1.54) is 4.90 Å². The van der Waals surface area contributed by atoms with Crippen molar-refractivity contribution in [2.75, 3.05) is 13.1 Å². The molecule has 0 radical (unpaired) electrons. The van der Waals surface area contributed by atoms with E-state index in [0.717, 1.165) is 59.3 Å². The van der Waals surface area contributed by atoms with Gasteiger partial charge in [-0.25, -0.2) is 4.68 Å². The average Bonchev–Trinajstić information content (AvgIpc) is 3.43. The second-order valence-electron chi connectivity index (χ2n) is 8.12. The third-order valence-electron chi connectivity index (χ3n) is 5.99. The van der Waals surface area contributed by atoms with Gasteiger partial charge in [-0.05, 0) is 46.0 Å².